The predicted octanol–water partition coefficient (Wildman–Crippen LogP) is 3.62. The highest BCUT2D eigenvalue weighted by molar-refractivity contribution is 5.87. The van der Waals surface area contributed by atoms with Crippen LogP contribution in [0, 0.1) is 22.7 Å². The van der Waals surface area contributed by atoms with Gasteiger partial charge in [-0.3, -0.25) is 9.59 Å². The lowest BCUT2D eigenvalue weighted by Crippen LogP contribution is -2.58. The largest absolute Gasteiger partial charge is 0.463 e. The molecule has 0 radical (unpaired) electrons. The van der Waals surface area contributed by atoms with Crippen LogP contribution in [0.25, 0.3) is 0 Å². The number of rotatable bonds is 14. The smallest absolute Gasteiger partial charge is 0.335 e. The second-order valence-electron chi connectivity index (χ2n) is 11.0. The van der Waals surface area contributed by atoms with Crippen LogP contribution in [-0.2, 0) is 47.6 Å². The summed E-state index contributed by atoms with van der Waals surface area (Å²) in [4.78, 5) is 49.6. The number of carbonyl (C=O) groups is 4. The highest BCUT2D eigenvalue weighted by atomic mass is 16.7. The highest BCUT2D eigenvalue weighted by Crippen LogP contribution is 2.66. The van der Waals surface area contributed by atoms with Crippen LogP contribution in [0.4, 0.5) is 0 Å². The fraction of sp³-hybridized carbons (Fsp3) is 0.714. The molecule has 4 fully saturated rings. The Kier molecular flexibility index (Phi) is 9.75. The van der Waals surface area contributed by atoms with Crippen molar-refractivity contribution in [1.82, 2.24) is 0 Å². The van der Waals surface area contributed by atoms with Crippen LogP contribution in [0.5, 0.6) is 0 Å². The molecule has 212 valence electrons. The van der Waals surface area contributed by atoms with Crippen molar-refractivity contribution in [2.24, 2.45) is 22.7 Å². The lowest BCUT2D eigenvalue weighted by Gasteiger charge is -2.59. The summed E-state index contributed by atoms with van der Waals surface area (Å²) in [6, 6.07) is 0. The van der Waals surface area contributed by atoms with E-state index >= 15 is 0 Å². The number of carbonyl (C=O) groups excluding carboxylic acids is 4. The Morgan fingerprint density at radius 2 is 1.08 bits per heavy atom. The zero-order valence-corrected chi connectivity index (χ0v) is 22.9. The number of hydrogen-bond donors (Lipinski definition) is 0. The number of esters is 4. The van der Waals surface area contributed by atoms with Crippen LogP contribution in [0.15, 0.2) is 24.3 Å². The SMILES string of the molecule is C=C(C)C(=O)OC(C)OCCOC(=O)C12CC3CC(C1)CC(C(=O)OCCOC(C)OC(=O)C(=C)C)(C3)C2. The lowest BCUT2D eigenvalue weighted by atomic mass is 9.44. The number of ether oxygens (including phenoxy) is 6. The van der Waals surface area contributed by atoms with Gasteiger partial charge in [0, 0.05) is 11.1 Å². The second kappa shape index (κ2) is 12.4. The van der Waals surface area contributed by atoms with Crippen LogP contribution in [0.3, 0.4) is 0 Å². The minimum Gasteiger partial charge on any atom is -0.463 e. The van der Waals surface area contributed by atoms with Crippen molar-refractivity contribution in [3.05, 3.63) is 24.3 Å². The van der Waals surface area contributed by atoms with Gasteiger partial charge in [0.2, 0.25) is 12.6 Å². The molecule has 0 aliphatic heterocycles. The maximum Gasteiger partial charge on any atom is 0.335 e. The average molecular weight is 537 g/mol. The monoisotopic (exact) mass is 536 g/mol. The zero-order valence-electron chi connectivity index (χ0n) is 22.9. The molecule has 4 aliphatic carbocycles. The lowest BCUT2D eigenvalue weighted by molar-refractivity contribution is -0.199. The first-order valence-electron chi connectivity index (χ1n) is 13.2. The van der Waals surface area contributed by atoms with Crippen molar-refractivity contribution in [3.8, 4) is 0 Å². The molecule has 10 nitrogen and oxygen atoms in total. The fourth-order valence-electron chi connectivity index (χ4n) is 6.31. The Bertz CT molecular complexity index is 867. The quantitative estimate of drug-likeness (QED) is 0.107. The van der Waals surface area contributed by atoms with Crippen molar-refractivity contribution in [3.63, 3.8) is 0 Å². The Hall–Kier alpha value is -2.72. The molecule has 4 aliphatic rings. The standard InChI is InChI=1S/C28H40O10/c1-17(2)23(29)37-19(5)33-7-9-35-25(31)27-12-21-11-22(13-27)15-28(14-21,16-27)26(32)36-10-8-34-20(6)38-24(30)18(3)4/h19-22H,1,3,7-16H2,2,4-6H3. The summed E-state index contributed by atoms with van der Waals surface area (Å²) >= 11 is 0. The van der Waals surface area contributed by atoms with Gasteiger partial charge >= 0.3 is 23.9 Å². The van der Waals surface area contributed by atoms with Crippen molar-refractivity contribution in [2.45, 2.75) is 78.8 Å². The predicted molar refractivity (Wildman–Crippen MR) is 134 cm³/mol. The molecule has 4 rings (SSSR count). The zero-order chi connectivity index (χ0) is 28.1. The topological polar surface area (TPSA) is 124 Å². The van der Waals surface area contributed by atoms with Gasteiger partial charge in [-0.2, -0.15) is 0 Å². The van der Waals surface area contributed by atoms with Crippen LogP contribution >= 0.6 is 0 Å². The molecule has 38 heavy (non-hydrogen) atoms. The van der Waals surface area contributed by atoms with Crippen LogP contribution in [0.2, 0.25) is 0 Å². The molecule has 4 bridgehead atoms. The van der Waals surface area contributed by atoms with Gasteiger partial charge in [0.05, 0.1) is 24.0 Å². The van der Waals surface area contributed by atoms with Gasteiger partial charge in [-0.1, -0.05) is 13.2 Å². The molecule has 2 unspecified atom stereocenters. The van der Waals surface area contributed by atoms with Gasteiger partial charge in [0.15, 0.2) is 0 Å². The van der Waals surface area contributed by atoms with Crippen molar-refractivity contribution in [1.29, 1.82) is 0 Å². The second-order valence-corrected chi connectivity index (χ2v) is 11.0. The molecule has 0 aromatic carbocycles. The Balaban J connectivity index is 1.48. The van der Waals surface area contributed by atoms with E-state index < -0.39 is 35.3 Å². The summed E-state index contributed by atoms with van der Waals surface area (Å²) in [5.41, 5.74) is -0.870. The molecule has 0 aromatic heterocycles. The summed E-state index contributed by atoms with van der Waals surface area (Å²) in [5.74, 6) is -1.18. The van der Waals surface area contributed by atoms with Crippen molar-refractivity contribution >= 4 is 23.9 Å². The third-order valence-electron chi connectivity index (χ3n) is 7.51. The van der Waals surface area contributed by atoms with E-state index in [9.17, 15) is 19.2 Å². The molecule has 0 spiro atoms. The van der Waals surface area contributed by atoms with Gasteiger partial charge in [-0.15, -0.1) is 0 Å². The van der Waals surface area contributed by atoms with Gasteiger partial charge in [0.25, 0.3) is 0 Å². The Morgan fingerprint density at radius 1 is 0.711 bits per heavy atom. The third kappa shape index (κ3) is 7.22. The first kappa shape index (κ1) is 29.8. The van der Waals surface area contributed by atoms with Crippen molar-refractivity contribution in [2.75, 3.05) is 26.4 Å². The average Bonchev–Trinajstić information content (AvgIpc) is 2.83. The molecule has 4 saturated carbocycles. The summed E-state index contributed by atoms with van der Waals surface area (Å²) in [7, 11) is 0. The van der Waals surface area contributed by atoms with E-state index in [1.54, 1.807) is 27.7 Å². The summed E-state index contributed by atoms with van der Waals surface area (Å²) in [6.45, 7) is 13.5. The molecule has 0 saturated heterocycles. The third-order valence-corrected chi connectivity index (χ3v) is 7.51. The maximum atomic E-state index is 13.3. The minimum absolute atomic E-state index is 0.0216. The summed E-state index contributed by atoms with van der Waals surface area (Å²) < 4.78 is 32.1. The molecular formula is C28H40O10. The van der Waals surface area contributed by atoms with Gasteiger partial charge in [-0.05, 0) is 78.1 Å². The molecule has 2 atom stereocenters. The molecule has 0 heterocycles. The van der Waals surface area contributed by atoms with E-state index in [0.717, 1.165) is 6.42 Å². The molecule has 0 aromatic rings. The van der Waals surface area contributed by atoms with E-state index in [-0.39, 0.29) is 61.3 Å². The van der Waals surface area contributed by atoms with Gasteiger partial charge in [0.1, 0.15) is 13.2 Å². The van der Waals surface area contributed by atoms with Gasteiger partial charge in [-0.25, -0.2) is 9.59 Å². The Morgan fingerprint density at radius 3 is 1.42 bits per heavy atom. The van der Waals surface area contributed by atoms with Crippen molar-refractivity contribution < 1.29 is 47.6 Å². The first-order chi connectivity index (χ1) is 17.9. The normalized spacial score (nSPS) is 28.6. The summed E-state index contributed by atoms with van der Waals surface area (Å²) in [6.07, 6.45) is 2.67. The highest BCUT2D eigenvalue weighted by Gasteiger charge is 2.64. The van der Waals surface area contributed by atoms with Crippen LogP contribution in [-0.4, -0.2) is 62.9 Å². The molecule has 10 heteroatoms. The summed E-state index contributed by atoms with van der Waals surface area (Å²) in [5, 5.41) is 0. The number of hydrogen-bond acceptors (Lipinski definition) is 10. The molecule has 0 N–H and O–H groups in total. The van der Waals surface area contributed by atoms with E-state index in [0.29, 0.717) is 32.1 Å². The first-order valence-corrected chi connectivity index (χ1v) is 13.2. The minimum atomic E-state index is -0.791. The van der Waals surface area contributed by atoms with E-state index in [1.807, 2.05) is 0 Å². The maximum absolute atomic E-state index is 13.3. The van der Waals surface area contributed by atoms with E-state index in [4.69, 9.17) is 28.4 Å². The molecule has 0 amide bonds. The fourth-order valence-corrected chi connectivity index (χ4v) is 6.31. The molecular weight excluding hydrogens is 496 g/mol. The van der Waals surface area contributed by atoms with E-state index in [2.05, 4.69) is 13.2 Å². The van der Waals surface area contributed by atoms with Gasteiger partial charge < -0.3 is 28.4 Å². The Labute approximate surface area is 224 Å². The van der Waals surface area contributed by atoms with Crippen LogP contribution in [0.1, 0.15) is 66.2 Å². The van der Waals surface area contributed by atoms with E-state index in [1.165, 1.54) is 0 Å². The van der Waals surface area contributed by atoms with Crippen LogP contribution < -0.4 is 0 Å².